The number of carbonyl (C=O) groups excluding carboxylic acids is 1. The number of benzene rings is 2. The van der Waals surface area contributed by atoms with Gasteiger partial charge in [-0.2, -0.15) is 0 Å². The molecule has 0 saturated carbocycles. The summed E-state index contributed by atoms with van der Waals surface area (Å²) in [6.07, 6.45) is 1.04. The molecule has 0 radical (unpaired) electrons. The van der Waals surface area contributed by atoms with Gasteiger partial charge >= 0.3 is 0 Å². The van der Waals surface area contributed by atoms with Crippen LogP contribution in [0.4, 0.5) is 0 Å². The van der Waals surface area contributed by atoms with Crippen molar-refractivity contribution in [1.29, 1.82) is 0 Å². The van der Waals surface area contributed by atoms with Crippen LogP contribution < -0.4 is 19.5 Å². The molecule has 0 saturated heterocycles. The minimum absolute atomic E-state index is 0.00928. The maximum atomic E-state index is 12.5. The molecule has 1 aliphatic heterocycles. The van der Waals surface area contributed by atoms with Crippen LogP contribution in [-0.4, -0.2) is 25.7 Å². The van der Waals surface area contributed by atoms with Gasteiger partial charge in [0.1, 0.15) is 19.0 Å². The summed E-state index contributed by atoms with van der Waals surface area (Å²) in [5.41, 5.74) is 2.01. The van der Waals surface area contributed by atoms with Gasteiger partial charge in [0.2, 0.25) is 5.91 Å². The van der Waals surface area contributed by atoms with Crippen LogP contribution in [0, 0.1) is 12.8 Å². The number of rotatable bonds is 8. The van der Waals surface area contributed by atoms with Gasteiger partial charge < -0.3 is 19.5 Å². The molecular weight excluding hydrogens is 390 g/mol. The van der Waals surface area contributed by atoms with E-state index in [1.165, 1.54) is 0 Å². The molecule has 3 rings (SSSR count). The van der Waals surface area contributed by atoms with Gasteiger partial charge in [-0.1, -0.05) is 31.5 Å². The lowest BCUT2D eigenvalue weighted by Crippen LogP contribution is -2.32. The SMILES string of the molecule is Cc1cc(Cl)ccc1OCCCC(=O)NC(c1ccc2c(c1)OCCO2)C(C)C. The second-order valence-corrected chi connectivity index (χ2v) is 7.99. The van der Waals surface area contributed by atoms with E-state index in [4.69, 9.17) is 25.8 Å². The predicted molar refractivity (Wildman–Crippen MR) is 114 cm³/mol. The molecule has 2 aromatic carbocycles. The van der Waals surface area contributed by atoms with Gasteiger partial charge in [0, 0.05) is 11.4 Å². The molecule has 1 heterocycles. The average Bonchev–Trinajstić information content (AvgIpc) is 2.70. The van der Waals surface area contributed by atoms with E-state index in [2.05, 4.69) is 19.2 Å². The molecule has 0 aromatic heterocycles. The minimum atomic E-state index is -0.0854. The second kappa shape index (κ2) is 9.88. The first-order valence-corrected chi connectivity index (χ1v) is 10.4. The van der Waals surface area contributed by atoms with Gasteiger partial charge in [-0.25, -0.2) is 0 Å². The Hall–Kier alpha value is -2.40. The van der Waals surface area contributed by atoms with Crippen LogP contribution >= 0.6 is 11.6 Å². The topological polar surface area (TPSA) is 56.8 Å². The zero-order valence-corrected chi connectivity index (χ0v) is 17.9. The summed E-state index contributed by atoms with van der Waals surface area (Å²) in [4.78, 5) is 12.5. The number of ether oxygens (including phenoxy) is 3. The van der Waals surface area contributed by atoms with E-state index in [0.29, 0.717) is 37.7 Å². The lowest BCUT2D eigenvalue weighted by Gasteiger charge is -2.25. The minimum Gasteiger partial charge on any atom is -0.493 e. The van der Waals surface area contributed by atoms with Crippen molar-refractivity contribution in [2.45, 2.75) is 39.7 Å². The number of aryl methyl sites for hydroxylation is 1. The molecule has 1 aliphatic rings. The maximum absolute atomic E-state index is 12.5. The fourth-order valence-corrected chi connectivity index (χ4v) is 3.55. The number of amides is 1. The summed E-state index contributed by atoms with van der Waals surface area (Å²) in [5.74, 6) is 2.54. The molecule has 0 bridgehead atoms. The van der Waals surface area contributed by atoms with Crippen LogP contribution in [0.15, 0.2) is 36.4 Å². The first kappa shape index (κ1) is 21.3. The number of hydrogen-bond acceptors (Lipinski definition) is 4. The van der Waals surface area contributed by atoms with E-state index < -0.39 is 0 Å². The van der Waals surface area contributed by atoms with Crippen LogP contribution in [0.25, 0.3) is 0 Å². The smallest absolute Gasteiger partial charge is 0.220 e. The van der Waals surface area contributed by atoms with Crippen molar-refractivity contribution >= 4 is 17.5 Å². The lowest BCUT2D eigenvalue weighted by molar-refractivity contribution is -0.122. The van der Waals surface area contributed by atoms with Crippen LogP contribution in [-0.2, 0) is 4.79 Å². The van der Waals surface area contributed by atoms with E-state index >= 15 is 0 Å². The highest BCUT2D eigenvalue weighted by Gasteiger charge is 2.21. The zero-order chi connectivity index (χ0) is 20.8. The van der Waals surface area contributed by atoms with E-state index in [-0.39, 0.29) is 17.9 Å². The molecule has 1 atom stereocenters. The molecule has 2 aromatic rings. The Kier molecular flexibility index (Phi) is 7.26. The summed E-state index contributed by atoms with van der Waals surface area (Å²) < 4.78 is 17.0. The monoisotopic (exact) mass is 417 g/mol. The summed E-state index contributed by atoms with van der Waals surface area (Å²) >= 11 is 5.96. The summed E-state index contributed by atoms with van der Waals surface area (Å²) in [6.45, 7) is 7.72. The van der Waals surface area contributed by atoms with E-state index in [1.807, 2.05) is 37.3 Å². The van der Waals surface area contributed by atoms with Crippen LogP contribution in [0.3, 0.4) is 0 Å². The molecule has 6 heteroatoms. The van der Waals surface area contributed by atoms with Crippen molar-refractivity contribution in [3.8, 4) is 17.2 Å². The standard InChI is InChI=1S/C23H28ClNO4/c1-15(2)23(17-6-8-20-21(14-17)29-12-11-28-20)25-22(26)5-4-10-27-19-9-7-18(24)13-16(19)3/h6-9,13-15,23H,4-5,10-12H2,1-3H3,(H,25,26). The summed E-state index contributed by atoms with van der Waals surface area (Å²) in [6, 6.07) is 11.3. The number of fused-ring (bicyclic) bond motifs is 1. The molecule has 0 fully saturated rings. The van der Waals surface area contributed by atoms with Gasteiger partial charge in [-0.05, 0) is 60.7 Å². The molecule has 0 spiro atoms. The molecule has 1 unspecified atom stereocenters. The molecule has 1 amide bonds. The Bertz CT molecular complexity index is 853. The predicted octanol–water partition coefficient (Wildman–Crippen LogP) is 5.09. The second-order valence-electron chi connectivity index (χ2n) is 7.55. The van der Waals surface area contributed by atoms with Crippen molar-refractivity contribution in [3.63, 3.8) is 0 Å². The zero-order valence-electron chi connectivity index (χ0n) is 17.2. The Labute approximate surface area is 177 Å². The highest BCUT2D eigenvalue weighted by Crippen LogP contribution is 2.34. The molecular formula is C23H28ClNO4. The normalized spacial score (nSPS) is 13.8. The number of carbonyl (C=O) groups is 1. The quantitative estimate of drug-likeness (QED) is 0.607. The number of hydrogen-bond donors (Lipinski definition) is 1. The van der Waals surface area contributed by atoms with E-state index in [9.17, 15) is 4.79 Å². The first-order valence-electron chi connectivity index (χ1n) is 10.0. The highest BCUT2D eigenvalue weighted by atomic mass is 35.5. The first-order chi connectivity index (χ1) is 13.9. The van der Waals surface area contributed by atoms with Gasteiger partial charge in [0.05, 0.1) is 12.6 Å². The van der Waals surface area contributed by atoms with Crippen molar-refractivity contribution in [1.82, 2.24) is 5.32 Å². The van der Waals surface area contributed by atoms with Crippen molar-refractivity contribution in [3.05, 3.63) is 52.5 Å². The van der Waals surface area contributed by atoms with E-state index in [0.717, 1.165) is 28.4 Å². The summed E-state index contributed by atoms with van der Waals surface area (Å²) in [5, 5.41) is 3.84. The Balaban J connectivity index is 1.52. The van der Waals surface area contributed by atoms with Gasteiger partial charge in [0.25, 0.3) is 0 Å². The third-order valence-corrected chi connectivity index (χ3v) is 5.09. The summed E-state index contributed by atoms with van der Waals surface area (Å²) in [7, 11) is 0. The van der Waals surface area contributed by atoms with Gasteiger partial charge in [-0.3, -0.25) is 4.79 Å². The molecule has 5 nitrogen and oxygen atoms in total. The fourth-order valence-electron chi connectivity index (χ4n) is 3.32. The van der Waals surface area contributed by atoms with Gasteiger partial charge in [-0.15, -0.1) is 0 Å². The fraction of sp³-hybridized carbons (Fsp3) is 0.435. The van der Waals surface area contributed by atoms with E-state index in [1.54, 1.807) is 6.07 Å². The van der Waals surface area contributed by atoms with Gasteiger partial charge in [0.15, 0.2) is 11.5 Å². The van der Waals surface area contributed by atoms with Crippen molar-refractivity contribution in [2.75, 3.05) is 19.8 Å². The Morgan fingerprint density at radius 1 is 1.14 bits per heavy atom. The Morgan fingerprint density at radius 2 is 1.90 bits per heavy atom. The molecule has 0 aliphatic carbocycles. The third kappa shape index (κ3) is 5.80. The van der Waals surface area contributed by atoms with Crippen LogP contribution in [0.2, 0.25) is 5.02 Å². The van der Waals surface area contributed by atoms with Crippen molar-refractivity contribution < 1.29 is 19.0 Å². The highest BCUT2D eigenvalue weighted by molar-refractivity contribution is 6.30. The van der Waals surface area contributed by atoms with Crippen LogP contribution in [0.5, 0.6) is 17.2 Å². The number of halogens is 1. The number of nitrogens with one attached hydrogen (secondary N) is 1. The van der Waals surface area contributed by atoms with Crippen LogP contribution in [0.1, 0.15) is 43.9 Å². The van der Waals surface area contributed by atoms with Crippen molar-refractivity contribution in [2.24, 2.45) is 5.92 Å². The molecule has 29 heavy (non-hydrogen) atoms. The Morgan fingerprint density at radius 3 is 2.62 bits per heavy atom. The lowest BCUT2D eigenvalue weighted by atomic mass is 9.95. The third-order valence-electron chi connectivity index (χ3n) is 4.85. The largest absolute Gasteiger partial charge is 0.493 e. The molecule has 156 valence electrons. The maximum Gasteiger partial charge on any atom is 0.220 e. The molecule has 1 N–H and O–H groups in total. The average molecular weight is 418 g/mol.